The van der Waals surface area contributed by atoms with Gasteiger partial charge < -0.3 is 5.73 Å². The first-order valence-electron chi connectivity index (χ1n) is 4.95. The van der Waals surface area contributed by atoms with E-state index < -0.39 is 0 Å². The zero-order chi connectivity index (χ0) is 8.32. The fourth-order valence-electron chi connectivity index (χ4n) is 1.58. The molecule has 66 valence electrons. The molecule has 0 aliphatic heterocycles. The van der Waals surface area contributed by atoms with Gasteiger partial charge in [0.05, 0.1) is 0 Å². The standard InChI is InChI=1S/C10H21N/c1-3-4-9(2)5-6-10(11)7-8-10/h9H,3-8,11H2,1-2H3. The summed E-state index contributed by atoms with van der Waals surface area (Å²) in [5.41, 5.74) is 6.27. The van der Waals surface area contributed by atoms with E-state index in [1.807, 2.05) is 0 Å². The summed E-state index contributed by atoms with van der Waals surface area (Å²) in [6.45, 7) is 4.60. The van der Waals surface area contributed by atoms with Crippen LogP contribution in [0.2, 0.25) is 0 Å². The summed E-state index contributed by atoms with van der Waals surface area (Å²) in [5, 5.41) is 0. The lowest BCUT2D eigenvalue weighted by Crippen LogP contribution is -2.22. The monoisotopic (exact) mass is 155 g/mol. The van der Waals surface area contributed by atoms with Crippen molar-refractivity contribution in [2.75, 3.05) is 0 Å². The molecule has 0 radical (unpaired) electrons. The molecule has 2 N–H and O–H groups in total. The predicted molar refractivity (Wildman–Crippen MR) is 49.5 cm³/mol. The highest BCUT2D eigenvalue weighted by Gasteiger charge is 2.37. The van der Waals surface area contributed by atoms with E-state index in [4.69, 9.17) is 5.73 Å². The van der Waals surface area contributed by atoms with Gasteiger partial charge in [0, 0.05) is 5.54 Å². The normalized spacial score (nSPS) is 23.2. The van der Waals surface area contributed by atoms with Crippen molar-refractivity contribution in [2.45, 2.75) is 57.9 Å². The van der Waals surface area contributed by atoms with Gasteiger partial charge in [0.1, 0.15) is 0 Å². The van der Waals surface area contributed by atoms with Crippen molar-refractivity contribution in [2.24, 2.45) is 11.7 Å². The Labute approximate surface area is 70.4 Å². The minimum Gasteiger partial charge on any atom is -0.325 e. The van der Waals surface area contributed by atoms with Crippen LogP contribution in [0, 0.1) is 5.92 Å². The molecule has 0 bridgehead atoms. The fraction of sp³-hybridized carbons (Fsp3) is 1.00. The summed E-state index contributed by atoms with van der Waals surface area (Å²) in [7, 11) is 0. The van der Waals surface area contributed by atoms with Gasteiger partial charge in [0.2, 0.25) is 0 Å². The van der Waals surface area contributed by atoms with Gasteiger partial charge in [-0.1, -0.05) is 26.7 Å². The molecule has 1 rings (SSSR count). The third-order valence-electron chi connectivity index (χ3n) is 2.81. The van der Waals surface area contributed by atoms with E-state index in [1.54, 1.807) is 0 Å². The van der Waals surface area contributed by atoms with Crippen LogP contribution in [0.3, 0.4) is 0 Å². The molecular formula is C10H21N. The van der Waals surface area contributed by atoms with Crippen LogP contribution in [0.1, 0.15) is 52.4 Å². The van der Waals surface area contributed by atoms with Gasteiger partial charge in [-0.2, -0.15) is 0 Å². The molecule has 0 aromatic rings. The van der Waals surface area contributed by atoms with Crippen molar-refractivity contribution in [1.82, 2.24) is 0 Å². The Kier molecular flexibility index (Phi) is 2.94. The number of nitrogens with two attached hydrogens (primary N) is 1. The predicted octanol–water partition coefficient (Wildman–Crippen LogP) is 2.69. The highest BCUT2D eigenvalue weighted by Crippen LogP contribution is 2.37. The van der Waals surface area contributed by atoms with E-state index in [-0.39, 0.29) is 5.54 Å². The lowest BCUT2D eigenvalue weighted by Gasteiger charge is -2.13. The summed E-state index contributed by atoms with van der Waals surface area (Å²) in [6.07, 6.45) is 7.82. The Hall–Kier alpha value is -0.0400. The molecule has 0 heterocycles. The van der Waals surface area contributed by atoms with Crippen molar-refractivity contribution in [3.63, 3.8) is 0 Å². The average molecular weight is 155 g/mol. The van der Waals surface area contributed by atoms with Crippen molar-refractivity contribution in [1.29, 1.82) is 0 Å². The smallest absolute Gasteiger partial charge is 0.0155 e. The summed E-state index contributed by atoms with van der Waals surface area (Å²) >= 11 is 0. The molecule has 1 atom stereocenters. The first kappa shape index (κ1) is 9.05. The minimum atomic E-state index is 0.280. The van der Waals surface area contributed by atoms with Crippen LogP contribution in [-0.2, 0) is 0 Å². The molecule has 0 aromatic heterocycles. The highest BCUT2D eigenvalue weighted by atomic mass is 14.8. The molecule has 0 spiro atoms. The lowest BCUT2D eigenvalue weighted by atomic mass is 9.97. The zero-order valence-corrected chi connectivity index (χ0v) is 7.90. The second-order valence-electron chi connectivity index (χ2n) is 4.29. The van der Waals surface area contributed by atoms with Crippen LogP contribution in [0.15, 0.2) is 0 Å². The third-order valence-corrected chi connectivity index (χ3v) is 2.81. The topological polar surface area (TPSA) is 26.0 Å². The van der Waals surface area contributed by atoms with E-state index in [0.29, 0.717) is 0 Å². The molecule has 1 saturated carbocycles. The second-order valence-corrected chi connectivity index (χ2v) is 4.29. The Morgan fingerprint density at radius 1 is 1.36 bits per heavy atom. The molecular weight excluding hydrogens is 134 g/mol. The summed E-state index contributed by atoms with van der Waals surface area (Å²) in [6, 6.07) is 0. The van der Waals surface area contributed by atoms with E-state index in [1.165, 1.54) is 38.5 Å². The molecule has 1 nitrogen and oxygen atoms in total. The van der Waals surface area contributed by atoms with Crippen LogP contribution in [-0.4, -0.2) is 5.54 Å². The summed E-state index contributed by atoms with van der Waals surface area (Å²) in [5.74, 6) is 0.890. The largest absolute Gasteiger partial charge is 0.325 e. The Morgan fingerprint density at radius 2 is 2.00 bits per heavy atom. The van der Waals surface area contributed by atoms with Crippen molar-refractivity contribution in [3.8, 4) is 0 Å². The van der Waals surface area contributed by atoms with E-state index in [9.17, 15) is 0 Å². The first-order valence-corrected chi connectivity index (χ1v) is 4.95. The van der Waals surface area contributed by atoms with Gasteiger partial charge >= 0.3 is 0 Å². The van der Waals surface area contributed by atoms with Crippen LogP contribution < -0.4 is 5.73 Å². The van der Waals surface area contributed by atoms with Gasteiger partial charge in [0.15, 0.2) is 0 Å². The third kappa shape index (κ3) is 3.24. The van der Waals surface area contributed by atoms with Crippen LogP contribution in [0.5, 0.6) is 0 Å². The molecule has 0 aromatic carbocycles. The molecule has 1 aliphatic carbocycles. The molecule has 1 fully saturated rings. The molecule has 1 unspecified atom stereocenters. The number of hydrogen-bond acceptors (Lipinski definition) is 1. The summed E-state index contributed by atoms with van der Waals surface area (Å²) in [4.78, 5) is 0. The maximum atomic E-state index is 5.99. The molecule has 1 aliphatic rings. The maximum absolute atomic E-state index is 5.99. The Bertz CT molecular complexity index is 116. The molecule has 1 heteroatoms. The average Bonchev–Trinajstić information content (AvgIpc) is 2.66. The SMILES string of the molecule is CCCC(C)CCC1(N)CC1. The number of rotatable bonds is 5. The van der Waals surface area contributed by atoms with Crippen LogP contribution >= 0.6 is 0 Å². The van der Waals surface area contributed by atoms with Crippen molar-refractivity contribution < 1.29 is 0 Å². The minimum absolute atomic E-state index is 0.280. The lowest BCUT2D eigenvalue weighted by molar-refractivity contribution is 0.433. The van der Waals surface area contributed by atoms with Gasteiger partial charge in [-0.25, -0.2) is 0 Å². The van der Waals surface area contributed by atoms with E-state index in [0.717, 1.165) is 5.92 Å². The van der Waals surface area contributed by atoms with E-state index >= 15 is 0 Å². The van der Waals surface area contributed by atoms with Crippen LogP contribution in [0.4, 0.5) is 0 Å². The van der Waals surface area contributed by atoms with Gasteiger partial charge in [-0.05, 0) is 31.6 Å². The van der Waals surface area contributed by atoms with Gasteiger partial charge in [0.25, 0.3) is 0 Å². The van der Waals surface area contributed by atoms with Crippen LogP contribution in [0.25, 0.3) is 0 Å². The molecule has 11 heavy (non-hydrogen) atoms. The molecule has 0 amide bonds. The Morgan fingerprint density at radius 3 is 2.45 bits per heavy atom. The quantitative estimate of drug-likeness (QED) is 0.649. The van der Waals surface area contributed by atoms with Gasteiger partial charge in [-0.3, -0.25) is 0 Å². The number of hydrogen-bond donors (Lipinski definition) is 1. The van der Waals surface area contributed by atoms with Crippen molar-refractivity contribution in [3.05, 3.63) is 0 Å². The summed E-state index contributed by atoms with van der Waals surface area (Å²) < 4.78 is 0. The van der Waals surface area contributed by atoms with Gasteiger partial charge in [-0.15, -0.1) is 0 Å². The first-order chi connectivity index (χ1) is 5.16. The Balaban J connectivity index is 2.01. The second kappa shape index (κ2) is 3.57. The van der Waals surface area contributed by atoms with Crippen molar-refractivity contribution >= 4 is 0 Å². The maximum Gasteiger partial charge on any atom is 0.0155 e. The highest BCUT2D eigenvalue weighted by molar-refractivity contribution is 4.98. The van der Waals surface area contributed by atoms with E-state index in [2.05, 4.69) is 13.8 Å². The molecule has 0 saturated heterocycles. The fourth-order valence-corrected chi connectivity index (χ4v) is 1.58. The zero-order valence-electron chi connectivity index (χ0n) is 7.90.